The van der Waals surface area contributed by atoms with Crippen LogP contribution in [-0.2, 0) is 11.3 Å². The second-order valence-electron chi connectivity index (χ2n) is 12.2. The van der Waals surface area contributed by atoms with Gasteiger partial charge in [-0.15, -0.1) is 0 Å². The number of anilines is 1. The van der Waals surface area contributed by atoms with E-state index in [0.717, 1.165) is 39.3 Å². The molecule has 0 spiro atoms. The Morgan fingerprint density at radius 1 is 0.915 bits per heavy atom. The number of β-amino-alcohol motifs (C(OH)–C–C–N with tert-alkyl or cyclic N) is 1. The van der Waals surface area contributed by atoms with E-state index in [2.05, 4.69) is 75.2 Å². The number of aliphatic hydroxyl groups is 1. The minimum absolute atomic E-state index is 0.0660. The van der Waals surface area contributed by atoms with Crippen LogP contribution in [0.4, 0.5) is 10.2 Å². The number of piperazine rings is 1. The highest BCUT2D eigenvalue weighted by molar-refractivity contribution is 5.98. The third kappa shape index (κ3) is 9.42. The van der Waals surface area contributed by atoms with E-state index in [9.17, 15) is 9.18 Å². The first-order valence-electron chi connectivity index (χ1n) is 16.4. The normalized spacial score (nSPS) is 16.4. The lowest BCUT2D eigenvalue weighted by molar-refractivity contribution is 0.0457. The smallest absolute Gasteiger partial charge is 0.252 e. The molecule has 2 aliphatic rings. The fraction of sp³-hybridized carbons (Fsp3) is 0.378. The molecule has 1 saturated heterocycles. The summed E-state index contributed by atoms with van der Waals surface area (Å²) < 4.78 is 18.7. The number of nitrogen functional groups attached to an aromatic ring is 1. The number of benzene rings is 2. The second kappa shape index (κ2) is 16.6. The lowest BCUT2D eigenvalue weighted by atomic mass is 9.99. The lowest BCUT2D eigenvalue weighted by Crippen LogP contribution is -2.47. The quantitative estimate of drug-likeness (QED) is 0.195. The Balaban J connectivity index is 0.000000216. The van der Waals surface area contributed by atoms with Crippen molar-refractivity contribution in [2.45, 2.75) is 51.4 Å². The third-order valence-corrected chi connectivity index (χ3v) is 9.08. The first-order chi connectivity index (χ1) is 22.8. The molecule has 2 fully saturated rings. The zero-order valence-corrected chi connectivity index (χ0v) is 27.0. The van der Waals surface area contributed by atoms with Gasteiger partial charge in [0.05, 0.1) is 24.9 Å². The molecule has 10 heteroatoms. The van der Waals surface area contributed by atoms with Gasteiger partial charge in [-0.25, -0.2) is 9.97 Å². The summed E-state index contributed by atoms with van der Waals surface area (Å²) in [7, 11) is 0. The maximum absolute atomic E-state index is 12.7. The molecule has 47 heavy (non-hydrogen) atoms. The van der Waals surface area contributed by atoms with E-state index in [1.165, 1.54) is 78.5 Å². The number of aromatic nitrogens is 2. The minimum Gasteiger partial charge on any atom is -0.395 e. The Morgan fingerprint density at radius 2 is 1.53 bits per heavy atom. The Hall–Kier alpha value is -4.22. The molecule has 2 aromatic heterocycles. The van der Waals surface area contributed by atoms with Gasteiger partial charge in [0.15, 0.2) is 0 Å². The van der Waals surface area contributed by atoms with Crippen molar-refractivity contribution in [2.24, 2.45) is 5.73 Å². The maximum Gasteiger partial charge on any atom is 0.252 e. The SMILES string of the molecule is CC(c1ccc(-c2ccc(COC3CCCC3)cc2)cc1)N1CCN(CCO)CC1.NC(=O)c1cc(-c2ccc(F)nc2)cnc1N. The third-order valence-electron chi connectivity index (χ3n) is 9.08. The van der Waals surface area contributed by atoms with Crippen LogP contribution in [0.1, 0.15) is 60.1 Å². The molecular formula is C37H45FN6O3. The fourth-order valence-electron chi connectivity index (χ4n) is 6.12. The van der Waals surface area contributed by atoms with Gasteiger partial charge in [0, 0.05) is 62.3 Å². The van der Waals surface area contributed by atoms with Gasteiger partial charge in [-0.1, -0.05) is 61.4 Å². The molecule has 2 aromatic carbocycles. The molecule has 5 N–H and O–H groups in total. The van der Waals surface area contributed by atoms with Crippen molar-refractivity contribution >= 4 is 11.7 Å². The summed E-state index contributed by atoms with van der Waals surface area (Å²) in [5.41, 5.74) is 17.2. The molecule has 1 aliphatic carbocycles. The van der Waals surface area contributed by atoms with Crippen molar-refractivity contribution in [1.29, 1.82) is 0 Å². The van der Waals surface area contributed by atoms with Gasteiger partial charge in [-0.2, -0.15) is 4.39 Å². The number of halogens is 1. The van der Waals surface area contributed by atoms with Crippen LogP contribution >= 0.6 is 0 Å². The summed E-state index contributed by atoms with van der Waals surface area (Å²) >= 11 is 0. The van der Waals surface area contributed by atoms with Crippen molar-refractivity contribution in [3.8, 4) is 22.3 Å². The highest BCUT2D eigenvalue weighted by atomic mass is 19.1. The van der Waals surface area contributed by atoms with E-state index in [0.29, 0.717) is 23.3 Å². The fourth-order valence-corrected chi connectivity index (χ4v) is 6.12. The topological polar surface area (TPSA) is 131 Å². The van der Waals surface area contributed by atoms with E-state index in [-0.39, 0.29) is 18.0 Å². The monoisotopic (exact) mass is 640 g/mol. The van der Waals surface area contributed by atoms with Crippen LogP contribution in [0.3, 0.4) is 0 Å². The van der Waals surface area contributed by atoms with Gasteiger partial charge < -0.3 is 21.3 Å². The number of aliphatic hydroxyl groups excluding tert-OH is 1. The highest BCUT2D eigenvalue weighted by Gasteiger charge is 2.22. The number of nitrogens with zero attached hydrogens (tertiary/aromatic N) is 4. The van der Waals surface area contributed by atoms with Gasteiger partial charge in [-0.3, -0.25) is 14.6 Å². The van der Waals surface area contributed by atoms with Gasteiger partial charge in [0.2, 0.25) is 5.95 Å². The molecule has 1 aliphatic heterocycles. The number of rotatable bonds is 10. The number of amides is 1. The van der Waals surface area contributed by atoms with Crippen molar-refractivity contribution in [3.05, 3.63) is 102 Å². The molecular weight excluding hydrogens is 595 g/mol. The van der Waals surface area contributed by atoms with Crippen LogP contribution in [0.15, 0.2) is 79.1 Å². The number of nitrogens with two attached hydrogens (primary N) is 2. The molecule has 3 heterocycles. The highest BCUT2D eigenvalue weighted by Crippen LogP contribution is 2.27. The van der Waals surface area contributed by atoms with E-state index in [4.69, 9.17) is 21.3 Å². The van der Waals surface area contributed by atoms with E-state index >= 15 is 0 Å². The number of pyridine rings is 2. The van der Waals surface area contributed by atoms with E-state index in [1.54, 1.807) is 0 Å². The Morgan fingerprint density at radius 3 is 2.13 bits per heavy atom. The molecule has 0 bridgehead atoms. The van der Waals surface area contributed by atoms with Crippen molar-refractivity contribution in [1.82, 2.24) is 19.8 Å². The number of hydrogen-bond donors (Lipinski definition) is 3. The van der Waals surface area contributed by atoms with Gasteiger partial charge in [0.25, 0.3) is 5.91 Å². The number of carbonyl (C=O) groups excluding carboxylic acids is 1. The van der Waals surface area contributed by atoms with Crippen molar-refractivity contribution in [2.75, 3.05) is 45.1 Å². The van der Waals surface area contributed by atoms with Crippen LogP contribution in [-0.4, -0.2) is 76.2 Å². The Labute approximate surface area is 276 Å². The molecule has 4 aromatic rings. The zero-order chi connectivity index (χ0) is 33.2. The predicted molar refractivity (Wildman–Crippen MR) is 183 cm³/mol. The van der Waals surface area contributed by atoms with Crippen molar-refractivity contribution < 1.29 is 19.0 Å². The summed E-state index contributed by atoms with van der Waals surface area (Å²) in [6.07, 6.45) is 8.36. The summed E-state index contributed by atoms with van der Waals surface area (Å²) in [6.45, 7) is 8.29. The Bertz CT molecular complexity index is 1570. The first kappa shape index (κ1) is 34.1. The number of primary amides is 1. The summed E-state index contributed by atoms with van der Waals surface area (Å²) in [5.74, 6) is -1.17. The van der Waals surface area contributed by atoms with Crippen LogP contribution in [0, 0.1) is 5.95 Å². The number of carbonyl (C=O) groups is 1. The standard InChI is InChI=1S/C26H36N2O2.C11H9FN4O/c1-21(28-16-14-27(15-17-28)18-19-29)23-10-12-25(13-11-23)24-8-6-22(7-9-24)20-30-26-4-2-3-5-26;12-9-2-1-6(4-15-9)7-3-8(11(14)17)10(13)16-5-7/h6-13,21,26,29H,2-5,14-20H2,1H3;1-5H,(H2,13,16)(H2,14,17). The lowest BCUT2D eigenvalue weighted by Gasteiger charge is -2.38. The summed E-state index contributed by atoms with van der Waals surface area (Å²) in [5, 5.41) is 9.12. The number of hydrogen-bond acceptors (Lipinski definition) is 8. The largest absolute Gasteiger partial charge is 0.395 e. The van der Waals surface area contributed by atoms with Gasteiger partial charge in [0.1, 0.15) is 5.82 Å². The second-order valence-corrected chi connectivity index (χ2v) is 12.2. The van der Waals surface area contributed by atoms with Crippen LogP contribution < -0.4 is 11.5 Å². The molecule has 1 saturated carbocycles. The summed E-state index contributed by atoms with van der Waals surface area (Å²) in [4.78, 5) is 23.3. The Kier molecular flexibility index (Phi) is 12.0. The molecule has 9 nitrogen and oxygen atoms in total. The molecule has 248 valence electrons. The molecule has 1 amide bonds. The van der Waals surface area contributed by atoms with E-state index < -0.39 is 11.9 Å². The maximum atomic E-state index is 12.7. The molecule has 6 rings (SSSR count). The first-order valence-corrected chi connectivity index (χ1v) is 16.4. The van der Waals surface area contributed by atoms with Crippen LogP contribution in [0.5, 0.6) is 0 Å². The molecule has 1 atom stereocenters. The van der Waals surface area contributed by atoms with E-state index in [1.807, 2.05) is 0 Å². The van der Waals surface area contributed by atoms with Crippen molar-refractivity contribution in [3.63, 3.8) is 0 Å². The van der Waals surface area contributed by atoms with Crippen LogP contribution in [0.25, 0.3) is 22.3 Å². The average Bonchev–Trinajstić information content (AvgIpc) is 3.63. The molecule has 0 radical (unpaired) electrons. The average molecular weight is 641 g/mol. The minimum atomic E-state index is -0.660. The predicted octanol–water partition coefficient (Wildman–Crippen LogP) is 5.45. The number of ether oxygens (including phenoxy) is 1. The van der Waals surface area contributed by atoms with Gasteiger partial charge in [-0.05, 0) is 60.2 Å². The zero-order valence-electron chi connectivity index (χ0n) is 27.0. The van der Waals surface area contributed by atoms with Crippen LogP contribution in [0.2, 0.25) is 0 Å². The summed E-state index contributed by atoms with van der Waals surface area (Å²) in [6, 6.07) is 22.5. The molecule has 1 unspecified atom stereocenters. The van der Waals surface area contributed by atoms with Gasteiger partial charge >= 0.3 is 0 Å².